The summed E-state index contributed by atoms with van der Waals surface area (Å²) in [7, 11) is 0. The quantitative estimate of drug-likeness (QED) is 0.732. The van der Waals surface area contributed by atoms with Gasteiger partial charge in [-0.2, -0.15) is 5.10 Å². The molecular weight excluding hydrogens is 323 g/mol. The molecule has 0 radical (unpaired) electrons. The lowest BCUT2D eigenvalue weighted by molar-refractivity contribution is 0.0711. The maximum Gasteiger partial charge on any atom is 0.276 e. The maximum atomic E-state index is 13.9. The Kier molecular flexibility index (Phi) is 4.05. The Hall–Kier alpha value is -2.96. The van der Waals surface area contributed by atoms with E-state index in [0.29, 0.717) is 18.7 Å². The summed E-state index contributed by atoms with van der Waals surface area (Å²) < 4.78 is 20.9. The van der Waals surface area contributed by atoms with Crippen LogP contribution in [0.3, 0.4) is 0 Å². The van der Waals surface area contributed by atoms with Gasteiger partial charge in [-0.1, -0.05) is 17.3 Å². The van der Waals surface area contributed by atoms with Gasteiger partial charge in [0, 0.05) is 25.0 Å². The second-order valence-electron chi connectivity index (χ2n) is 6.08. The smallest absolute Gasteiger partial charge is 0.276 e. The van der Waals surface area contributed by atoms with Crippen molar-refractivity contribution in [2.45, 2.75) is 25.4 Å². The topological polar surface area (TPSA) is 64.2 Å². The van der Waals surface area contributed by atoms with E-state index in [0.717, 1.165) is 12.8 Å². The van der Waals surface area contributed by atoms with Crippen LogP contribution in [0, 0.1) is 5.82 Å². The molecule has 1 saturated heterocycles. The number of hydrogen-bond acceptors (Lipinski definition) is 4. The SMILES string of the molecule is O=C(c1cc(-c2ccccc2F)on1)N1CCCC1Cn1cccn1. The fourth-order valence-corrected chi connectivity index (χ4v) is 3.23. The van der Waals surface area contributed by atoms with E-state index in [1.807, 2.05) is 16.9 Å². The van der Waals surface area contributed by atoms with Crippen molar-refractivity contribution in [2.75, 3.05) is 6.54 Å². The second-order valence-corrected chi connectivity index (χ2v) is 6.08. The van der Waals surface area contributed by atoms with E-state index in [2.05, 4.69) is 10.3 Å². The van der Waals surface area contributed by atoms with Crippen LogP contribution in [0.1, 0.15) is 23.3 Å². The number of carbonyl (C=O) groups is 1. The van der Waals surface area contributed by atoms with Crippen LogP contribution in [0.2, 0.25) is 0 Å². The molecule has 1 atom stereocenters. The molecule has 1 amide bonds. The minimum absolute atomic E-state index is 0.0704. The third kappa shape index (κ3) is 3.05. The standard InChI is InChI=1S/C18H17FN4O2/c19-15-7-2-1-6-14(15)17-11-16(21-25-17)18(24)23-10-3-5-13(23)12-22-9-4-8-20-22/h1-2,4,6-9,11,13H,3,5,10,12H2. The number of amides is 1. The number of halogens is 1. The van der Waals surface area contributed by atoms with Gasteiger partial charge in [-0.15, -0.1) is 0 Å². The zero-order valence-electron chi connectivity index (χ0n) is 13.5. The van der Waals surface area contributed by atoms with E-state index in [4.69, 9.17) is 4.52 Å². The summed E-state index contributed by atoms with van der Waals surface area (Å²) >= 11 is 0. The van der Waals surface area contributed by atoms with E-state index in [1.54, 1.807) is 29.3 Å². The number of hydrogen-bond donors (Lipinski definition) is 0. The van der Waals surface area contributed by atoms with Crippen LogP contribution in [-0.4, -0.2) is 38.3 Å². The Morgan fingerprint density at radius 3 is 3.00 bits per heavy atom. The van der Waals surface area contributed by atoms with Gasteiger partial charge in [0.2, 0.25) is 0 Å². The Balaban J connectivity index is 1.54. The maximum absolute atomic E-state index is 13.9. The second kappa shape index (κ2) is 6.51. The predicted molar refractivity (Wildman–Crippen MR) is 88.2 cm³/mol. The van der Waals surface area contributed by atoms with Gasteiger partial charge in [0.25, 0.3) is 5.91 Å². The van der Waals surface area contributed by atoms with E-state index in [-0.39, 0.29) is 23.4 Å². The van der Waals surface area contributed by atoms with Crippen LogP contribution in [-0.2, 0) is 6.54 Å². The molecule has 0 N–H and O–H groups in total. The number of nitrogens with zero attached hydrogens (tertiary/aromatic N) is 4. The molecule has 4 rings (SSSR count). The predicted octanol–water partition coefficient (Wildman–Crippen LogP) is 2.98. The molecule has 0 spiro atoms. The Bertz CT molecular complexity index is 875. The van der Waals surface area contributed by atoms with Crippen molar-refractivity contribution >= 4 is 5.91 Å². The number of aromatic nitrogens is 3. The fourth-order valence-electron chi connectivity index (χ4n) is 3.23. The number of likely N-dealkylation sites (tertiary alicyclic amines) is 1. The summed E-state index contributed by atoms with van der Waals surface area (Å²) in [5.74, 6) is -0.347. The molecule has 0 aliphatic carbocycles. The van der Waals surface area contributed by atoms with Crippen LogP contribution in [0.5, 0.6) is 0 Å². The highest BCUT2D eigenvalue weighted by Gasteiger charge is 2.31. The van der Waals surface area contributed by atoms with Crippen molar-refractivity contribution in [1.29, 1.82) is 0 Å². The average Bonchev–Trinajstić information content (AvgIpc) is 3.37. The van der Waals surface area contributed by atoms with E-state index >= 15 is 0 Å². The largest absolute Gasteiger partial charge is 0.355 e. The molecule has 6 nitrogen and oxygen atoms in total. The Morgan fingerprint density at radius 1 is 1.32 bits per heavy atom. The number of benzene rings is 1. The van der Waals surface area contributed by atoms with Crippen LogP contribution in [0.25, 0.3) is 11.3 Å². The first-order chi connectivity index (χ1) is 12.2. The molecule has 3 aromatic rings. The van der Waals surface area contributed by atoms with Gasteiger partial charge < -0.3 is 9.42 Å². The molecule has 3 heterocycles. The van der Waals surface area contributed by atoms with Gasteiger partial charge in [0.1, 0.15) is 5.82 Å². The molecule has 0 saturated carbocycles. The van der Waals surface area contributed by atoms with E-state index in [9.17, 15) is 9.18 Å². The third-order valence-corrected chi connectivity index (χ3v) is 4.46. The molecule has 7 heteroatoms. The van der Waals surface area contributed by atoms with Crippen LogP contribution in [0.4, 0.5) is 4.39 Å². The number of carbonyl (C=O) groups excluding carboxylic acids is 1. The molecule has 1 unspecified atom stereocenters. The van der Waals surface area contributed by atoms with Crippen molar-refractivity contribution in [2.24, 2.45) is 0 Å². The lowest BCUT2D eigenvalue weighted by Crippen LogP contribution is -2.38. The lowest BCUT2D eigenvalue weighted by Gasteiger charge is -2.23. The highest BCUT2D eigenvalue weighted by Crippen LogP contribution is 2.26. The fraction of sp³-hybridized carbons (Fsp3) is 0.278. The van der Waals surface area contributed by atoms with Gasteiger partial charge in [0.05, 0.1) is 18.2 Å². The first-order valence-corrected chi connectivity index (χ1v) is 8.22. The molecule has 1 fully saturated rings. The highest BCUT2D eigenvalue weighted by atomic mass is 19.1. The first-order valence-electron chi connectivity index (χ1n) is 8.22. The summed E-state index contributed by atoms with van der Waals surface area (Å²) in [6, 6.07) is 9.69. The van der Waals surface area contributed by atoms with Gasteiger partial charge in [-0.05, 0) is 31.0 Å². The monoisotopic (exact) mass is 340 g/mol. The molecule has 128 valence electrons. The van der Waals surface area contributed by atoms with Gasteiger partial charge in [-0.25, -0.2) is 4.39 Å². The molecule has 1 aromatic carbocycles. The molecule has 2 aromatic heterocycles. The summed E-state index contributed by atoms with van der Waals surface area (Å²) in [6.45, 7) is 1.32. The minimum Gasteiger partial charge on any atom is -0.355 e. The summed E-state index contributed by atoms with van der Waals surface area (Å²) in [5, 5.41) is 8.06. The summed E-state index contributed by atoms with van der Waals surface area (Å²) in [6.07, 6.45) is 5.46. The van der Waals surface area contributed by atoms with Crippen LogP contribution >= 0.6 is 0 Å². The van der Waals surface area contributed by atoms with Crippen molar-refractivity contribution < 1.29 is 13.7 Å². The first kappa shape index (κ1) is 15.6. The zero-order chi connectivity index (χ0) is 17.2. The molecule has 1 aliphatic heterocycles. The lowest BCUT2D eigenvalue weighted by atomic mass is 10.1. The normalized spacial score (nSPS) is 17.2. The summed E-state index contributed by atoms with van der Waals surface area (Å²) in [4.78, 5) is 14.6. The van der Waals surface area contributed by atoms with Crippen molar-refractivity contribution in [3.63, 3.8) is 0 Å². The third-order valence-electron chi connectivity index (χ3n) is 4.46. The summed E-state index contributed by atoms with van der Waals surface area (Å²) in [5.41, 5.74) is 0.495. The van der Waals surface area contributed by atoms with Gasteiger partial charge in [-0.3, -0.25) is 9.48 Å². The average molecular weight is 340 g/mol. The van der Waals surface area contributed by atoms with Crippen molar-refractivity contribution in [1.82, 2.24) is 19.8 Å². The Labute approximate surface area is 143 Å². The van der Waals surface area contributed by atoms with Crippen LogP contribution < -0.4 is 0 Å². The van der Waals surface area contributed by atoms with Gasteiger partial charge in [0.15, 0.2) is 11.5 Å². The molecule has 1 aliphatic rings. The van der Waals surface area contributed by atoms with Crippen molar-refractivity contribution in [3.8, 4) is 11.3 Å². The Morgan fingerprint density at radius 2 is 2.20 bits per heavy atom. The zero-order valence-corrected chi connectivity index (χ0v) is 13.5. The molecule has 25 heavy (non-hydrogen) atoms. The van der Waals surface area contributed by atoms with Crippen molar-refractivity contribution in [3.05, 3.63) is 60.3 Å². The van der Waals surface area contributed by atoms with Crippen LogP contribution in [0.15, 0.2) is 53.3 Å². The van der Waals surface area contributed by atoms with Gasteiger partial charge >= 0.3 is 0 Å². The number of rotatable bonds is 4. The highest BCUT2D eigenvalue weighted by molar-refractivity contribution is 5.93. The molecular formula is C18H17FN4O2. The van der Waals surface area contributed by atoms with E-state index in [1.165, 1.54) is 12.1 Å². The van der Waals surface area contributed by atoms with E-state index < -0.39 is 5.82 Å². The molecule has 0 bridgehead atoms. The minimum atomic E-state index is -0.407.